The zero-order valence-corrected chi connectivity index (χ0v) is 6.63. The Hall–Kier alpha value is 0.210. The fourth-order valence-electron chi connectivity index (χ4n) is 0.197. The molecule has 0 aromatic rings. The molecule has 0 heterocycles. The van der Waals surface area contributed by atoms with Crippen molar-refractivity contribution < 1.29 is 22.0 Å². The van der Waals surface area contributed by atoms with Crippen LogP contribution in [0.1, 0.15) is 12.8 Å². The number of rotatable bonds is 3. The Bertz CT molecular complexity index is 98.4. The van der Waals surface area contributed by atoms with E-state index in [4.69, 9.17) is 23.2 Å². The van der Waals surface area contributed by atoms with E-state index >= 15 is 0 Å². The van der Waals surface area contributed by atoms with Crippen LogP contribution in [0.2, 0.25) is 0 Å². The minimum Gasteiger partial charge on any atom is -1.00 e. The summed E-state index contributed by atoms with van der Waals surface area (Å²) in [7, 11) is 0. The second-order valence-electron chi connectivity index (χ2n) is 1.21. The zero-order chi connectivity index (χ0) is 6.57. The average Bonchev–Trinajstić information content (AvgIpc) is 1.61. The summed E-state index contributed by atoms with van der Waals surface area (Å²) in [5, 5.41) is -1.06. The number of carbonyl (C=O) groups excluding carboxylic acids is 2. The Morgan fingerprint density at radius 1 is 1.00 bits per heavy atom. The third kappa shape index (κ3) is 11.7. The van der Waals surface area contributed by atoms with Crippen LogP contribution in [0.5, 0.6) is 0 Å². The van der Waals surface area contributed by atoms with Gasteiger partial charge >= 0.3 is 0 Å². The minimum atomic E-state index is -0.529. The summed E-state index contributed by atoms with van der Waals surface area (Å²) in [6.07, 6.45) is 0.0633. The maximum atomic E-state index is 9.90. The van der Waals surface area contributed by atoms with Gasteiger partial charge in [-0.1, -0.05) is 0 Å². The molecule has 0 unspecified atom stereocenters. The largest absolute Gasteiger partial charge is 1.00 e. The molecule has 0 aliphatic carbocycles. The molecule has 0 aliphatic rings. The first kappa shape index (κ1) is 11.9. The third-order valence-corrected chi connectivity index (χ3v) is 0.896. The van der Waals surface area contributed by atoms with Crippen molar-refractivity contribution in [3.05, 3.63) is 0 Å². The summed E-state index contributed by atoms with van der Waals surface area (Å²) in [5.74, 6) is 0. The molecule has 0 fully saturated rings. The molecule has 9 heavy (non-hydrogen) atoms. The minimum absolute atomic E-state index is 0. The summed E-state index contributed by atoms with van der Waals surface area (Å²) in [6, 6.07) is 0. The zero-order valence-electron chi connectivity index (χ0n) is 4.36. The fourth-order valence-corrected chi connectivity index (χ4v) is 0.386. The number of halogens is 3. The number of hydrogen-bond donors (Lipinski definition) is 0. The van der Waals surface area contributed by atoms with Crippen molar-refractivity contribution in [1.29, 1.82) is 0 Å². The quantitative estimate of drug-likeness (QED) is 0.497. The number of carbonyl (C=O) groups is 2. The van der Waals surface area contributed by atoms with Crippen LogP contribution in [0, 0.1) is 0 Å². The van der Waals surface area contributed by atoms with E-state index < -0.39 is 10.5 Å². The van der Waals surface area contributed by atoms with Gasteiger partial charge < -0.3 is 12.4 Å². The van der Waals surface area contributed by atoms with Crippen LogP contribution in [0.25, 0.3) is 0 Å². The van der Waals surface area contributed by atoms with E-state index in [2.05, 4.69) is 0 Å². The molecule has 0 aromatic carbocycles. The smallest absolute Gasteiger partial charge is 0.222 e. The molecule has 0 aromatic heterocycles. The van der Waals surface area contributed by atoms with Gasteiger partial charge in [0.25, 0.3) is 0 Å². The Kier molecular flexibility index (Phi) is 8.40. The van der Waals surface area contributed by atoms with E-state index in [-0.39, 0.29) is 25.2 Å². The third-order valence-electron chi connectivity index (χ3n) is 0.518. The first-order valence-corrected chi connectivity index (χ1v) is 2.75. The molecule has 0 atom stereocenters. The Balaban J connectivity index is 0. The predicted octanol–water partition coefficient (Wildman–Crippen LogP) is -1.70. The Morgan fingerprint density at radius 3 is 1.33 bits per heavy atom. The molecular formula is C4H4Cl3O2-. The van der Waals surface area contributed by atoms with Crippen molar-refractivity contribution in [2.24, 2.45) is 0 Å². The Morgan fingerprint density at radius 2 is 1.22 bits per heavy atom. The second-order valence-corrected chi connectivity index (χ2v) is 2.05. The van der Waals surface area contributed by atoms with Crippen LogP contribution >= 0.6 is 23.2 Å². The van der Waals surface area contributed by atoms with E-state index in [1.54, 1.807) is 0 Å². The van der Waals surface area contributed by atoms with Crippen molar-refractivity contribution in [3.8, 4) is 0 Å². The maximum absolute atomic E-state index is 9.90. The highest BCUT2D eigenvalue weighted by atomic mass is 35.5. The molecule has 0 rings (SSSR count). The van der Waals surface area contributed by atoms with E-state index in [1.807, 2.05) is 0 Å². The van der Waals surface area contributed by atoms with Gasteiger partial charge in [0.2, 0.25) is 10.5 Å². The lowest BCUT2D eigenvalue weighted by atomic mass is 10.4. The standard InChI is InChI=1S/C4H4Cl2O2.ClH/c5-3(7)1-2-4(6)8;/h1-2H2;1H/p-1. The molecule has 0 amide bonds. The van der Waals surface area contributed by atoms with E-state index in [9.17, 15) is 9.59 Å². The Labute approximate surface area is 68.9 Å². The van der Waals surface area contributed by atoms with Crippen LogP contribution < -0.4 is 12.4 Å². The molecule has 2 nitrogen and oxygen atoms in total. The van der Waals surface area contributed by atoms with Crippen molar-refractivity contribution in [2.75, 3.05) is 0 Å². The van der Waals surface area contributed by atoms with Gasteiger partial charge in [-0.05, 0) is 23.2 Å². The summed E-state index contributed by atoms with van der Waals surface area (Å²) in [5.41, 5.74) is 0. The van der Waals surface area contributed by atoms with E-state index in [1.165, 1.54) is 0 Å². The molecule has 0 radical (unpaired) electrons. The van der Waals surface area contributed by atoms with E-state index in [0.717, 1.165) is 0 Å². The molecule has 5 heteroatoms. The topological polar surface area (TPSA) is 34.1 Å². The molecular weight excluding hydrogens is 186 g/mol. The van der Waals surface area contributed by atoms with Gasteiger partial charge in [0, 0.05) is 12.8 Å². The second kappa shape index (κ2) is 6.33. The fraction of sp³-hybridized carbons (Fsp3) is 0.500. The molecule has 0 spiro atoms. The normalized spacial score (nSPS) is 7.78. The van der Waals surface area contributed by atoms with Crippen molar-refractivity contribution in [2.45, 2.75) is 12.8 Å². The first-order valence-electron chi connectivity index (χ1n) is 1.99. The van der Waals surface area contributed by atoms with Gasteiger partial charge in [0.15, 0.2) is 0 Å². The summed E-state index contributed by atoms with van der Waals surface area (Å²) in [6.45, 7) is 0. The van der Waals surface area contributed by atoms with E-state index in [0.29, 0.717) is 0 Å². The van der Waals surface area contributed by atoms with Crippen LogP contribution in [0.4, 0.5) is 0 Å². The molecule has 0 saturated carbocycles. The summed E-state index contributed by atoms with van der Waals surface area (Å²) in [4.78, 5) is 19.8. The monoisotopic (exact) mass is 189 g/mol. The van der Waals surface area contributed by atoms with Gasteiger partial charge in [-0.25, -0.2) is 0 Å². The van der Waals surface area contributed by atoms with Gasteiger partial charge in [-0.2, -0.15) is 0 Å². The summed E-state index contributed by atoms with van der Waals surface area (Å²) >= 11 is 9.74. The molecule has 0 bridgehead atoms. The highest BCUT2D eigenvalue weighted by molar-refractivity contribution is 6.65. The van der Waals surface area contributed by atoms with Crippen LogP contribution in [0.15, 0.2) is 0 Å². The molecule has 0 N–H and O–H groups in total. The lowest BCUT2D eigenvalue weighted by Crippen LogP contribution is -3.00. The SMILES string of the molecule is O=C(Cl)CCC(=O)Cl.[Cl-]. The van der Waals surface area contributed by atoms with Crippen molar-refractivity contribution in [1.82, 2.24) is 0 Å². The molecule has 0 aliphatic heterocycles. The predicted molar refractivity (Wildman–Crippen MR) is 31.0 cm³/mol. The average molecular weight is 190 g/mol. The van der Waals surface area contributed by atoms with Crippen molar-refractivity contribution in [3.63, 3.8) is 0 Å². The molecule has 54 valence electrons. The lowest BCUT2D eigenvalue weighted by molar-refractivity contribution is -0.116. The summed E-state index contributed by atoms with van der Waals surface area (Å²) < 4.78 is 0. The van der Waals surface area contributed by atoms with Gasteiger partial charge in [-0.15, -0.1) is 0 Å². The van der Waals surface area contributed by atoms with Crippen LogP contribution in [0.3, 0.4) is 0 Å². The van der Waals surface area contributed by atoms with Crippen LogP contribution in [-0.2, 0) is 9.59 Å². The highest BCUT2D eigenvalue weighted by Crippen LogP contribution is 1.97. The maximum Gasteiger partial charge on any atom is 0.222 e. The first-order chi connectivity index (χ1) is 3.63. The van der Waals surface area contributed by atoms with Gasteiger partial charge in [0.05, 0.1) is 0 Å². The lowest BCUT2D eigenvalue weighted by Gasteiger charge is -1.83. The highest BCUT2D eigenvalue weighted by Gasteiger charge is 1.99. The molecule has 0 saturated heterocycles. The van der Waals surface area contributed by atoms with Crippen molar-refractivity contribution >= 4 is 33.7 Å². The van der Waals surface area contributed by atoms with Gasteiger partial charge in [-0.3, -0.25) is 9.59 Å². The van der Waals surface area contributed by atoms with Crippen LogP contribution in [-0.4, -0.2) is 10.5 Å². The van der Waals surface area contributed by atoms with Gasteiger partial charge in [0.1, 0.15) is 0 Å². The number of hydrogen-bond acceptors (Lipinski definition) is 2.